The van der Waals surface area contributed by atoms with Crippen molar-refractivity contribution in [3.63, 3.8) is 0 Å². The first-order valence-electron chi connectivity index (χ1n) is 9.85. The number of rotatable bonds is 6. The maximum Gasteiger partial charge on any atom is 0.228 e. The Morgan fingerprint density at radius 1 is 1.03 bits per heavy atom. The Morgan fingerprint density at radius 2 is 1.90 bits per heavy atom. The van der Waals surface area contributed by atoms with Crippen LogP contribution in [0.2, 0.25) is 0 Å². The summed E-state index contributed by atoms with van der Waals surface area (Å²) >= 11 is 1.54. The summed E-state index contributed by atoms with van der Waals surface area (Å²) < 4.78 is 7.62. The van der Waals surface area contributed by atoms with Gasteiger partial charge < -0.3 is 9.64 Å². The number of aromatic nitrogens is 7. The number of anilines is 1. The van der Waals surface area contributed by atoms with Gasteiger partial charge in [-0.15, -0.1) is 16.4 Å². The summed E-state index contributed by atoms with van der Waals surface area (Å²) in [6, 6.07) is 9.67. The fraction of sp³-hybridized carbons (Fsp3) is 0.300. The molecule has 0 unspecified atom stereocenters. The molecule has 152 valence electrons. The normalized spacial score (nSPS) is 14.1. The van der Waals surface area contributed by atoms with Gasteiger partial charge in [-0.25, -0.2) is 9.97 Å². The van der Waals surface area contributed by atoms with Crippen molar-refractivity contribution in [3.05, 3.63) is 53.8 Å². The van der Waals surface area contributed by atoms with E-state index in [-0.39, 0.29) is 6.61 Å². The van der Waals surface area contributed by atoms with E-state index < -0.39 is 0 Å². The minimum Gasteiger partial charge on any atom is -0.489 e. The second-order valence-corrected chi connectivity index (χ2v) is 7.81. The van der Waals surface area contributed by atoms with E-state index in [4.69, 9.17) is 14.7 Å². The van der Waals surface area contributed by atoms with Crippen molar-refractivity contribution >= 4 is 17.3 Å². The summed E-state index contributed by atoms with van der Waals surface area (Å²) in [5, 5.41) is 14.4. The highest BCUT2D eigenvalue weighted by Gasteiger charge is 2.23. The van der Waals surface area contributed by atoms with E-state index >= 15 is 0 Å². The Hall–Kier alpha value is -3.40. The van der Waals surface area contributed by atoms with Crippen LogP contribution in [0.4, 0.5) is 5.95 Å². The Morgan fingerprint density at radius 3 is 2.63 bits per heavy atom. The lowest BCUT2D eigenvalue weighted by Crippen LogP contribution is -2.31. The number of piperidine rings is 1. The van der Waals surface area contributed by atoms with Gasteiger partial charge in [0.05, 0.1) is 5.56 Å². The largest absolute Gasteiger partial charge is 0.489 e. The van der Waals surface area contributed by atoms with Crippen LogP contribution in [0.1, 0.15) is 24.8 Å². The van der Waals surface area contributed by atoms with Gasteiger partial charge in [-0.2, -0.15) is 9.67 Å². The molecule has 30 heavy (non-hydrogen) atoms. The standard InChI is InChI=1S/C20H20N8OS/c1-3-7-15(8-4-1)29-13-16-17(19-21-9-12-30-19)23-20(27-10-5-2-6-11-27)24-18(16)28-14-22-25-26-28/h1,3-4,7-9,12,14H,2,5-6,10-11,13H2. The summed E-state index contributed by atoms with van der Waals surface area (Å²) in [4.78, 5) is 16.5. The van der Waals surface area contributed by atoms with Gasteiger partial charge in [0.15, 0.2) is 5.82 Å². The minimum atomic E-state index is 0.272. The van der Waals surface area contributed by atoms with Gasteiger partial charge in [0.1, 0.15) is 29.4 Å². The summed E-state index contributed by atoms with van der Waals surface area (Å²) in [5.41, 5.74) is 1.55. The average molecular weight is 421 g/mol. The molecule has 0 aliphatic carbocycles. The summed E-state index contributed by atoms with van der Waals surface area (Å²) in [6.07, 6.45) is 6.82. The second kappa shape index (κ2) is 8.54. The molecule has 3 aromatic heterocycles. The maximum atomic E-state index is 6.06. The van der Waals surface area contributed by atoms with Crippen molar-refractivity contribution in [2.24, 2.45) is 0 Å². The van der Waals surface area contributed by atoms with Crippen LogP contribution in [0.5, 0.6) is 5.75 Å². The zero-order chi connectivity index (χ0) is 20.2. The second-order valence-electron chi connectivity index (χ2n) is 6.92. The van der Waals surface area contributed by atoms with E-state index in [9.17, 15) is 0 Å². The van der Waals surface area contributed by atoms with Crippen molar-refractivity contribution in [1.29, 1.82) is 0 Å². The Bertz CT molecular complexity index is 1020. The molecular weight excluding hydrogens is 400 g/mol. The molecular formula is C20H20N8OS. The van der Waals surface area contributed by atoms with E-state index in [1.807, 2.05) is 35.7 Å². The van der Waals surface area contributed by atoms with Crippen molar-refractivity contribution < 1.29 is 4.74 Å². The van der Waals surface area contributed by atoms with Crippen LogP contribution in [0.15, 0.2) is 48.2 Å². The molecule has 0 bridgehead atoms. The molecule has 1 fully saturated rings. The molecule has 1 aromatic carbocycles. The first-order chi connectivity index (χ1) is 14.9. The molecule has 9 nitrogen and oxygen atoms in total. The van der Waals surface area contributed by atoms with E-state index in [2.05, 4.69) is 25.4 Å². The first kappa shape index (κ1) is 18.6. The summed E-state index contributed by atoms with van der Waals surface area (Å²) in [6.45, 7) is 2.15. The summed E-state index contributed by atoms with van der Waals surface area (Å²) in [7, 11) is 0. The van der Waals surface area contributed by atoms with Gasteiger partial charge in [-0.05, 0) is 41.8 Å². The lowest BCUT2D eigenvalue weighted by Gasteiger charge is -2.27. The number of ether oxygens (including phenoxy) is 1. The molecule has 0 spiro atoms. The Labute approximate surface area is 177 Å². The first-order valence-corrected chi connectivity index (χ1v) is 10.7. The molecule has 10 heteroatoms. The van der Waals surface area contributed by atoms with Crippen LogP contribution in [-0.4, -0.2) is 48.2 Å². The molecule has 4 aromatic rings. The molecule has 0 N–H and O–H groups in total. The number of nitrogens with zero attached hydrogens (tertiary/aromatic N) is 8. The van der Waals surface area contributed by atoms with Gasteiger partial charge in [0.2, 0.25) is 5.95 Å². The fourth-order valence-electron chi connectivity index (χ4n) is 3.47. The maximum absolute atomic E-state index is 6.06. The number of benzene rings is 1. The highest BCUT2D eigenvalue weighted by molar-refractivity contribution is 7.13. The van der Waals surface area contributed by atoms with Gasteiger partial charge in [-0.3, -0.25) is 0 Å². The molecule has 1 aliphatic rings. The molecule has 4 heterocycles. The van der Waals surface area contributed by atoms with Crippen LogP contribution < -0.4 is 9.64 Å². The van der Waals surface area contributed by atoms with Crippen molar-refractivity contribution in [2.75, 3.05) is 18.0 Å². The molecule has 0 radical (unpaired) electrons. The third-order valence-corrected chi connectivity index (χ3v) is 5.72. The number of tetrazole rings is 1. The predicted octanol–water partition coefficient (Wildman–Crippen LogP) is 3.15. The molecule has 0 amide bonds. The highest BCUT2D eigenvalue weighted by atomic mass is 32.1. The van der Waals surface area contributed by atoms with Crippen molar-refractivity contribution in [1.82, 2.24) is 35.2 Å². The topological polar surface area (TPSA) is 94.7 Å². The molecule has 1 saturated heterocycles. The van der Waals surface area contributed by atoms with Gasteiger partial charge in [0, 0.05) is 24.7 Å². The Balaban J connectivity index is 1.62. The smallest absolute Gasteiger partial charge is 0.228 e. The van der Waals surface area contributed by atoms with E-state index in [1.54, 1.807) is 17.2 Å². The van der Waals surface area contributed by atoms with Gasteiger partial charge in [-0.1, -0.05) is 18.2 Å². The predicted molar refractivity (Wildman–Crippen MR) is 113 cm³/mol. The average Bonchev–Trinajstić information content (AvgIpc) is 3.53. The van der Waals surface area contributed by atoms with Gasteiger partial charge in [0.25, 0.3) is 0 Å². The van der Waals surface area contributed by atoms with Crippen LogP contribution in [0.25, 0.3) is 16.5 Å². The van der Waals surface area contributed by atoms with Gasteiger partial charge >= 0.3 is 0 Å². The quantitative estimate of drug-likeness (QED) is 0.469. The SMILES string of the molecule is c1ccc(OCc2c(-c3nccs3)nc(N3CCCCC3)nc2-n2cnnn2)cc1. The molecule has 0 saturated carbocycles. The highest BCUT2D eigenvalue weighted by Crippen LogP contribution is 2.31. The zero-order valence-corrected chi connectivity index (χ0v) is 17.1. The number of hydrogen-bond acceptors (Lipinski definition) is 9. The van der Waals surface area contributed by atoms with Crippen LogP contribution in [0.3, 0.4) is 0 Å². The van der Waals surface area contributed by atoms with E-state index in [1.165, 1.54) is 17.8 Å². The molecule has 5 rings (SSSR count). The van der Waals surface area contributed by atoms with Crippen molar-refractivity contribution in [3.8, 4) is 22.3 Å². The van der Waals surface area contributed by atoms with Crippen LogP contribution >= 0.6 is 11.3 Å². The van der Waals surface area contributed by atoms with E-state index in [0.717, 1.165) is 47.9 Å². The lowest BCUT2D eigenvalue weighted by molar-refractivity contribution is 0.305. The summed E-state index contributed by atoms with van der Waals surface area (Å²) in [5.74, 6) is 2.05. The third-order valence-electron chi connectivity index (χ3n) is 4.94. The van der Waals surface area contributed by atoms with Crippen LogP contribution in [-0.2, 0) is 6.61 Å². The van der Waals surface area contributed by atoms with Crippen molar-refractivity contribution in [2.45, 2.75) is 25.9 Å². The number of para-hydroxylation sites is 1. The molecule has 0 atom stereocenters. The lowest BCUT2D eigenvalue weighted by atomic mass is 10.1. The number of thiazole rings is 1. The minimum absolute atomic E-state index is 0.272. The fourth-order valence-corrected chi connectivity index (χ4v) is 4.12. The molecule has 1 aliphatic heterocycles. The van der Waals surface area contributed by atoms with E-state index in [0.29, 0.717) is 11.8 Å². The third kappa shape index (κ3) is 3.86. The Kier molecular flexibility index (Phi) is 5.30. The monoisotopic (exact) mass is 420 g/mol. The van der Waals surface area contributed by atoms with Crippen LogP contribution in [0, 0.1) is 0 Å². The number of hydrogen-bond donors (Lipinski definition) is 0. The zero-order valence-electron chi connectivity index (χ0n) is 16.3.